The Morgan fingerprint density at radius 1 is 1.60 bits per heavy atom. The van der Waals surface area contributed by atoms with Crippen molar-refractivity contribution in [3.63, 3.8) is 0 Å². The maximum atomic E-state index is 7.14. The van der Waals surface area contributed by atoms with Gasteiger partial charge in [-0.25, -0.2) is 0 Å². The summed E-state index contributed by atoms with van der Waals surface area (Å²) in [5.41, 5.74) is 2.33. The van der Waals surface area contributed by atoms with Crippen molar-refractivity contribution in [2.75, 3.05) is 7.05 Å². The lowest BCUT2D eigenvalue weighted by atomic mass is 10.1. The minimum absolute atomic E-state index is 0.685. The smallest absolute Gasteiger partial charge is 0.0229 e. The molecule has 0 heterocycles. The van der Waals surface area contributed by atoms with Crippen molar-refractivity contribution in [1.29, 1.82) is 5.41 Å². The van der Waals surface area contributed by atoms with Crippen LogP contribution in [0.15, 0.2) is 11.3 Å². The third kappa shape index (κ3) is 1.38. The van der Waals surface area contributed by atoms with E-state index in [0.29, 0.717) is 5.92 Å². The monoisotopic (exact) mass is 138 g/mol. The van der Waals surface area contributed by atoms with Crippen LogP contribution in [-0.2, 0) is 0 Å². The van der Waals surface area contributed by atoms with Crippen LogP contribution in [-0.4, -0.2) is 13.3 Å². The third-order valence-electron chi connectivity index (χ3n) is 1.98. The van der Waals surface area contributed by atoms with Crippen LogP contribution >= 0.6 is 0 Å². The van der Waals surface area contributed by atoms with Crippen molar-refractivity contribution >= 4 is 6.21 Å². The van der Waals surface area contributed by atoms with Gasteiger partial charge in [0, 0.05) is 19.0 Å². The SMILES string of the molecule is CN/C(C)=C(\C=N)C1CC1. The average molecular weight is 138 g/mol. The molecule has 1 aliphatic rings. The molecule has 0 aromatic carbocycles. The van der Waals surface area contributed by atoms with Crippen LogP contribution in [0.2, 0.25) is 0 Å². The van der Waals surface area contributed by atoms with Gasteiger partial charge >= 0.3 is 0 Å². The highest BCUT2D eigenvalue weighted by atomic mass is 14.8. The molecule has 0 bridgehead atoms. The predicted molar refractivity (Wildman–Crippen MR) is 43.3 cm³/mol. The predicted octanol–water partition coefficient (Wildman–Crippen LogP) is 1.54. The normalized spacial score (nSPS) is 19.8. The number of hydrogen-bond donors (Lipinski definition) is 2. The number of hydrogen-bond acceptors (Lipinski definition) is 2. The number of allylic oxidation sites excluding steroid dienone is 2. The molecule has 2 nitrogen and oxygen atoms in total. The Hall–Kier alpha value is -0.790. The van der Waals surface area contributed by atoms with E-state index < -0.39 is 0 Å². The van der Waals surface area contributed by atoms with E-state index in [2.05, 4.69) is 5.32 Å². The Labute approximate surface area is 61.8 Å². The van der Waals surface area contributed by atoms with Gasteiger partial charge in [0.25, 0.3) is 0 Å². The van der Waals surface area contributed by atoms with Crippen LogP contribution in [0.1, 0.15) is 19.8 Å². The van der Waals surface area contributed by atoms with E-state index in [1.807, 2.05) is 14.0 Å². The van der Waals surface area contributed by atoms with Crippen molar-refractivity contribution in [3.05, 3.63) is 11.3 Å². The molecule has 0 atom stereocenters. The highest BCUT2D eigenvalue weighted by molar-refractivity contribution is 5.78. The molecule has 0 unspecified atom stereocenters. The fourth-order valence-electron chi connectivity index (χ4n) is 1.07. The summed E-state index contributed by atoms with van der Waals surface area (Å²) in [4.78, 5) is 0. The zero-order valence-electron chi connectivity index (χ0n) is 6.57. The van der Waals surface area contributed by atoms with Crippen LogP contribution in [0.3, 0.4) is 0 Å². The number of nitrogens with one attached hydrogen (secondary N) is 2. The van der Waals surface area contributed by atoms with Crippen LogP contribution in [0, 0.1) is 11.3 Å². The Bertz CT molecular complexity index is 166. The molecule has 1 aliphatic carbocycles. The summed E-state index contributed by atoms with van der Waals surface area (Å²) in [6.07, 6.45) is 4.01. The molecule has 0 aliphatic heterocycles. The minimum Gasteiger partial charge on any atom is -0.391 e. The molecule has 1 rings (SSSR count). The summed E-state index contributed by atoms with van der Waals surface area (Å²) in [6.45, 7) is 2.03. The second-order valence-corrected chi connectivity index (χ2v) is 2.75. The van der Waals surface area contributed by atoms with Crippen molar-refractivity contribution in [2.45, 2.75) is 19.8 Å². The first-order chi connectivity index (χ1) is 4.79. The Kier molecular flexibility index (Phi) is 2.10. The second kappa shape index (κ2) is 2.86. The fraction of sp³-hybridized carbons (Fsp3) is 0.625. The standard InChI is InChI=1S/C8H14N2/c1-6(10-2)8(5-9)7-3-4-7/h5,7,9-10H,3-4H2,1-2H3/b8-6+,9-5?. The summed E-state index contributed by atoms with van der Waals surface area (Å²) in [6, 6.07) is 0. The zero-order valence-corrected chi connectivity index (χ0v) is 6.57. The quantitative estimate of drug-likeness (QED) is 0.570. The van der Waals surface area contributed by atoms with Gasteiger partial charge in [-0.1, -0.05) is 0 Å². The largest absolute Gasteiger partial charge is 0.391 e. The lowest BCUT2D eigenvalue weighted by molar-refractivity contribution is 0.925. The summed E-state index contributed by atoms with van der Waals surface area (Å²) in [7, 11) is 1.90. The molecule has 2 N–H and O–H groups in total. The molecule has 0 amide bonds. The van der Waals surface area contributed by atoms with Gasteiger partial charge in [-0.15, -0.1) is 0 Å². The molecule has 0 spiro atoms. The highest BCUT2D eigenvalue weighted by Gasteiger charge is 2.25. The molecule has 56 valence electrons. The topological polar surface area (TPSA) is 35.9 Å². The lowest BCUT2D eigenvalue weighted by Crippen LogP contribution is -2.07. The highest BCUT2D eigenvalue weighted by Crippen LogP contribution is 2.36. The molecule has 0 aromatic heterocycles. The van der Waals surface area contributed by atoms with Crippen LogP contribution in [0.5, 0.6) is 0 Å². The average Bonchev–Trinajstić information content (AvgIpc) is 2.73. The van der Waals surface area contributed by atoms with E-state index >= 15 is 0 Å². The minimum atomic E-state index is 0.685. The van der Waals surface area contributed by atoms with Crippen molar-refractivity contribution < 1.29 is 0 Å². The maximum absolute atomic E-state index is 7.14. The molecular weight excluding hydrogens is 124 g/mol. The third-order valence-corrected chi connectivity index (χ3v) is 1.98. The van der Waals surface area contributed by atoms with Gasteiger partial charge < -0.3 is 10.7 Å². The molecule has 1 fully saturated rings. The molecular formula is C8H14N2. The summed E-state index contributed by atoms with van der Waals surface area (Å²) in [5, 5.41) is 10.2. The summed E-state index contributed by atoms with van der Waals surface area (Å²) < 4.78 is 0. The van der Waals surface area contributed by atoms with Crippen LogP contribution < -0.4 is 5.32 Å². The van der Waals surface area contributed by atoms with Crippen LogP contribution in [0.4, 0.5) is 0 Å². The van der Waals surface area contributed by atoms with Gasteiger partial charge in [-0.2, -0.15) is 0 Å². The van der Waals surface area contributed by atoms with E-state index in [1.165, 1.54) is 24.6 Å². The maximum Gasteiger partial charge on any atom is 0.0229 e. The molecule has 2 heteroatoms. The van der Waals surface area contributed by atoms with Gasteiger partial charge in [0.05, 0.1) is 0 Å². The van der Waals surface area contributed by atoms with E-state index in [4.69, 9.17) is 5.41 Å². The van der Waals surface area contributed by atoms with Crippen LogP contribution in [0.25, 0.3) is 0 Å². The number of rotatable bonds is 3. The molecule has 10 heavy (non-hydrogen) atoms. The fourth-order valence-corrected chi connectivity index (χ4v) is 1.07. The summed E-state index contributed by atoms with van der Waals surface area (Å²) in [5.74, 6) is 0.685. The molecule has 0 radical (unpaired) electrons. The Balaban J connectivity index is 2.69. The van der Waals surface area contributed by atoms with Crippen molar-refractivity contribution in [2.24, 2.45) is 5.92 Å². The molecule has 0 saturated heterocycles. The first-order valence-electron chi connectivity index (χ1n) is 3.68. The molecule has 1 saturated carbocycles. The van der Waals surface area contributed by atoms with Gasteiger partial charge in [0.1, 0.15) is 0 Å². The van der Waals surface area contributed by atoms with Gasteiger partial charge in [-0.3, -0.25) is 0 Å². The van der Waals surface area contributed by atoms with Gasteiger partial charge in [0.15, 0.2) is 0 Å². The van der Waals surface area contributed by atoms with E-state index in [9.17, 15) is 0 Å². The first-order valence-corrected chi connectivity index (χ1v) is 3.68. The van der Waals surface area contributed by atoms with E-state index in [-0.39, 0.29) is 0 Å². The van der Waals surface area contributed by atoms with E-state index in [0.717, 1.165) is 5.70 Å². The van der Waals surface area contributed by atoms with Crippen molar-refractivity contribution in [3.8, 4) is 0 Å². The lowest BCUT2D eigenvalue weighted by Gasteiger charge is -2.04. The van der Waals surface area contributed by atoms with Gasteiger partial charge in [-0.05, 0) is 31.3 Å². The first kappa shape index (κ1) is 7.32. The Morgan fingerprint density at radius 2 is 2.20 bits per heavy atom. The summed E-state index contributed by atoms with van der Waals surface area (Å²) >= 11 is 0. The van der Waals surface area contributed by atoms with Crippen molar-refractivity contribution in [1.82, 2.24) is 5.32 Å². The second-order valence-electron chi connectivity index (χ2n) is 2.75. The Morgan fingerprint density at radius 3 is 2.50 bits per heavy atom. The van der Waals surface area contributed by atoms with Gasteiger partial charge in [0.2, 0.25) is 0 Å². The van der Waals surface area contributed by atoms with E-state index in [1.54, 1.807) is 0 Å². The zero-order chi connectivity index (χ0) is 7.56. The molecule has 0 aromatic rings.